The van der Waals surface area contributed by atoms with Crippen LogP contribution in [0.5, 0.6) is 0 Å². The van der Waals surface area contributed by atoms with Crippen molar-refractivity contribution in [3.63, 3.8) is 0 Å². The molecule has 1 N–H and O–H groups in total. The topological polar surface area (TPSA) is 75.4 Å². The second kappa shape index (κ2) is 7.94. The molecule has 4 rings (SSSR count). The molecule has 2 aromatic rings. The summed E-state index contributed by atoms with van der Waals surface area (Å²) < 4.78 is 5.32. The zero-order valence-corrected chi connectivity index (χ0v) is 15.4. The second-order valence-electron chi connectivity index (χ2n) is 7.57. The van der Waals surface area contributed by atoms with Crippen LogP contribution in [-0.4, -0.2) is 34.5 Å². The molecule has 2 amide bonds. The highest BCUT2D eigenvalue weighted by molar-refractivity contribution is 5.92. The fraction of sp³-hybridized carbons (Fsp3) is 0.476. The van der Waals surface area contributed by atoms with Crippen molar-refractivity contribution < 1.29 is 14.1 Å². The van der Waals surface area contributed by atoms with Crippen LogP contribution in [0.4, 0.5) is 0 Å². The van der Waals surface area contributed by atoms with Gasteiger partial charge in [-0.15, -0.1) is 0 Å². The van der Waals surface area contributed by atoms with E-state index in [9.17, 15) is 9.59 Å². The van der Waals surface area contributed by atoms with Gasteiger partial charge in [-0.1, -0.05) is 35.5 Å². The Balaban J connectivity index is 1.32. The number of benzene rings is 1. The normalized spacial score (nSPS) is 16.1. The van der Waals surface area contributed by atoms with Gasteiger partial charge in [0.25, 0.3) is 5.91 Å². The van der Waals surface area contributed by atoms with Crippen molar-refractivity contribution in [1.29, 1.82) is 0 Å². The van der Waals surface area contributed by atoms with E-state index in [0.717, 1.165) is 24.8 Å². The first kappa shape index (κ1) is 17.8. The Morgan fingerprint density at radius 3 is 2.63 bits per heavy atom. The zero-order chi connectivity index (χ0) is 18.6. The van der Waals surface area contributed by atoms with Gasteiger partial charge in [-0.05, 0) is 43.6 Å². The van der Waals surface area contributed by atoms with Gasteiger partial charge in [0.15, 0.2) is 11.5 Å². The SMILES string of the molecule is O=C(NCC1CC1)c1cc(CN(C(=O)CCc2ccccc2)C2CC2)on1. The van der Waals surface area contributed by atoms with Crippen molar-refractivity contribution >= 4 is 11.8 Å². The van der Waals surface area contributed by atoms with Gasteiger partial charge >= 0.3 is 0 Å². The van der Waals surface area contributed by atoms with Gasteiger partial charge in [-0.3, -0.25) is 9.59 Å². The quantitative estimate of drug-likeness (QED) is 0.739. The third-order valence-electron chi connectivity index (χ3n) is 5.14. The molecule has 6 nitrogen and oxygen atoms in total. The maximum Gasteiger partial charge on any atom is 0.273 e. The van der Waals surface area contributed by atoms with E-state index in [0.29, 0.717) is 31.2 Å². The van der Waals surface area contributed by atoms with Gasteiger partial charge in [-0.25, -0.2) is 0 Å². The molecule has 142 valence electrons. The number of nitrogens with zero attached hydrogens (tertiary/aromatic N) is 2. The Hall–Kier alpha value is -2.63. The molecule has 2 aliphatic carbocycles. The summed E-state index contributed by atoms with van der Waals surface area (Å²) in [6.07, 6.45) is 5.63. The van der Waals surface area contributed by atoms with Crippen LogP contribution in [-0.2, 0) is 17.8 Å². The number of amides is 2. The minimum atomic E-state index is -0.203. The van der Waals surface area contributed by atoms with Crippen molar-refractivity contribution in [2.45, 2.75) is 51.1 Å². The molecule has 1 heterocycles. The predicted molar refractivity (Wildman–Crippen MR) is 99.9 cm³/mol. The van der Waals surface area contributed by atoms with Crippen molar-refractivity contribution in [2.75, 3.05) is 6.54 Å². The number of aryl methyl sites for hydroxylation is 1. The molecule has 1 aromatic heterocycles. The average molecular weight is 367 g/mol. The maximum atomic E-state index is 12.7. The number of rotatable bonds is 9. The summed E-state index contributed by atoms with van der Waals surface area (Å²) in [5.74, 6) is 1.10. The first-order valence-corrected chi connectivity index (χ1v) is 9.76. The zero-order valence-electron chi connectivity index (χ0n) is 15.4. The lowest BCUT2D eigenvalue weighted by atomic mass is 10.1. The molecule has 0 unspecified atom stereocenters. The van der Waals surface area contributed by atoms with Gasteiger partial charge in [-0.2, -0.15) is 0 Å². The Bertz CT molecular complexity index is 794. The van der Waals surface area contributed by atoms with Crippen LogP contribution in [0.2, 0.25) is 0 Å². The highest BCUT2D eigenvalue weighted by Crippen LogP contribution is 2.29. The van der Waals surface area contributed by atoms with Crippen molar-refractivity contribution in [3.8, 4) is 0 Å². The predicted octanol–water partition coefficient (Wildman–Crippen LogP) is 2.94. The van der Waals surface area contributed by atoms with Crippen LogP contribution in [0.25, 0.3) is 0 Å². The lowest BCUT2D eigenvalue weighted by Crippen LogP contribution is -2.32. The van der Waals surface area contributed by atoms with E-state index in [1.165, 1.54) is 12.8 Å². The second-order valence-corrected chi connectivity index (χ2v) is 7.57. The summed E-state index contributed by atoms with van der Waals surface area (Å²) in [5, 5.41) is 6.76. The Morgan fingerprint density at radius 2 is 1.93 bits per heavy atom. The fourth-order valence-electron chi connectivity index (χ4n) is 3.16. The van der Waals surface area contributed by atoms with Crippen LogP contribution in [0.15, 0.2) is 40.9 Å². The Morgan fingerprint density at radius 1 is 1.15 bits per heavy atom. The van der Waals surface area contributed by atoms with Gasteiger partial charge in [0.05, 0.1) is 6.54 Å². The third kappa shape index (κ3) is 4.96. The highest BCUT2D eigenvalue weighted by atomic mass is 16.5. The number of hydrogen-bond acceptors (Lipinski definition) is 4. The maximum absolute atomic E-state index is 12.7. The molecule has 27 heavy (non-hydrogen) atoms. The van der Waals surface area contributed by atoms with Gasteiger partial charge in [0.1, 0.15) is 0 Å². The first-order valence-electron chi connectivity index (χ1n) is 9.76. The standard InChI is InChI=1S/C21H25N3O3/c25-20(11-8-15-4-2-1-3-5-15)24(17-9-10-17)14-18-12-19(23-27-18)21(26)22-13-16-6-7-16/h1-5,12,16-17H,6-11,13-14H2,(H,22,26). The number of carbonyl (C=O) groups excluding carboxylic acids is 2. The average Bonchev–Trinajstić information content (AvgIpc) is 3.62. The molecule has 0 spiro atoms. The summed E-state index contributed by atoms with van der Waals surface area (Å²) >= 11 is 0. The van der Waals surface area contributed by atoms with Crippen LogP contribution in [0, 0.1) is 5.92 Å². The molecule has 1 aromatic carbocycles. The van der Waals surface area contributed by atoms with E-state index in [2.05, 4.69) is 10.5 Å². The van der Waals surface area contributed by atoms with Crippen molar-refractivity contribution in [3.05, 3.63) is 53.4 Å². The molecule has 0 radical (unpaired) electrons. The van der Waals surface area contributed by atoms with E-state index < -0.39 is 0 Å². The van der Waals surface area contributed by atoms with Gasteiger partial charge in [0.2, 0.25) is 5.91 Å². The smallest absolute Gasteiger partial charge is 0.273 e. The van der Waals surface area contributed by atoms with Crippen LogP contribution in [0.1, 0.15) is 53.9 Å². The van der Waals surface area contributed by atoms with Crippen LogP contribution >= 0.6 is 0 Å². The number of hydrogen-bond donors (Lipinski definition) is 1. The minimum absolute atomic E-state index is 0.123. The lowest BCUT2D eigenvalue weighted by molar-refractivity contribution is -0.132. The van der Waals surface area contributed by atoms with Crippen molar-refractivity contribution in [2.24, 2.45) is 5.92 Å². The van der Waals surface area contributed by atoms with Gasteiger partial charge in [0, 0.05) is 25.1 Å². The molecule has 6 heteroatoms. The minimum Gasteiger partial charge on any atom is -0.359 e. The lowest BCUT2D eigenvalue weighted by Gasteiger charge is -2.21. The summed E-state index contributed by atoms with van der Waals surface area (Å²) in [4.78, 5) is 26.7. The van der Waals surface area contributed by atoms with E-state index in [-0.39, 0.29) is 23.6 Å². The summed E-state index contributed by atoms with van der Waals surface area (Å²) in [5.41, 5.74) is 1.45. The molecule has 0 bridgehead atoms. The summed E-state index contributed by atoms with van der Waals surface area (Å²) in [6.45, 7) is 1.08. The molecule has 2 aliphatic rings. The van der Waals surface area contributed by atoms with E-state index in [1.54, 1.807) is 6.07 Å². The molecule has 2 fully saturated rings. The van der Waals surface area contributed by atoms with Crippen LogP contribution < -0.4 is 5.32 Å². The molecular formula is C21H25N3O3. The highest BCUT2D eigenvalue weighted by Gasteiger charge is 2.33. The summed E-state index contributed by atoms with van der Waals surface area (Å²) in [6, 6.07) is 12.0. The number of carbonyl (C=O) groups is 2. The van der Waals surface area contributed by atoms with Crippen molar-refractivity contribution in [1.82, 2.24) is 15.4 Å². The molecule has 0 atom stereocenters. The van der Waals surface area contributed by atoms with E-state index >= 15 is 0 Å². The molecular weight excluding hydrogens is 342 g/mol. The third-order valence-corrected chi connectivity index (χ3v) is 5.14. The van der Waals surface area contributed by atoms with Crippen LogP contribution in [0.3, 0.4) is 0 Å². The largest absolute Gasteiger partial charge is 0.359 e. The first-order chi connectivity index (χ1) is 13.2. The molecule has 0 saturated heterocycles. The number of aromatic nitrogens is 1. The van der Waals surface area contributed by atoms with E-state index in [4.69, 9.17) is 4.52 Å². The Kier molecular flexibility index (Phi) is 5.23. The monoisotopic (exact) mass is 367 g/mol. The number of nitrogens with one attached hydrogen (secondary N) is 1. The molecule has 2 saturated carbocycles. The molecule has 0 aliphatic heterocycles. The summed E-state index contributed by atoms with van der Waals surface area (Å²) in [7, 11) is 0. The van der Waals surface area contributed by atoms with E-state index in [1.807, 2.05) is 35.2 Å². The fourth-order valence-corrected chi connectivity index (χ4v) is 3.16. The van der Waals surface area contributed by atoms with Gasteiger partial charge < -0.3 is 14.7 Å². The Labute approximate surface area is 158 Å².